The van der Waals surface area contributed by atoms with Gasteiger partial charge in [0.1, 0.15) is 0 Å². The van der Waals surface area contributed by atoms with Crippen LogP contribution in [0.25, 0.3) is 0 Å². The SMILES string of the molecule is CC(N[C@@H]1CCC[C@H]1O)C1CCC1. The first-order valence-electron chi connectivity index (χ1n) is 5.71. The molecule has 3 atom stereocenters. The molecule has 0 aliphatic heterocycles. The second-order valence-electron chi connectivity index (χ2n) is 4.75. The minimum atomic E-state index is -0.0810. The van der Waals surface area contributed by atoms with Crippen LogP contribution in [0.5, 0.6) is 0 Å². The molecule has 0 aromatic carbocycles. The first-order chi connectivity index (χ1) is 6.27. The van der Waals surface area contributed by atoms with Crippen molar-refractivity contribution >= 4 is 0 Å². The fourth-order valence-electron chi connectivity index (χ4n) is 2.55. The summed E-state index contributed by atoms with van der Waals surface area (Å²) in [5.74, 6) is 0.882. The highest BCUT2D eigenvalue weighted by atomic mass is 16.3. The Kier molecular flexibility index (Phi) is 2.89. The molecule has 0 aromatic heterocycles. The number of hydrogen-bond donors (Lipinski definition) is 2. The van der Waals surface area contributed by atoms with Crippen molar-refractivity contribution in [2.24, 2.45) is 5.92 Å². The number of hydrogen-bond acceptors (Lipinski definition) is 2. The zero-order chi connectivity index (χ0) is 9.26. The fourth-order valence-corrected chi connectivity index (χ4v) is 2.55. The second kappa shape index (κ2) is 3.97. The third-order valence-electron chi connectivity index (χ3n) is 3.81. The lowest BCUT2D eigenvalue weighted by Gasteiger charge is -2.34. The third kappa shape index (κ3) is 2.05. The predicted molar refractivity (Wildman–Crippen MR) is 53.6 cm³/mol. The lowest BCUT2D eigenvalue weighted by Crippen LogP contribution is -2.46. The molecule has 1 unspecified atom stereocenters. The molecule has 2 heteroatoms. The Balaban J connectivity index is 1.75. The van der Waals surface area contributed by atoms with Gasteiger partial charge in [-0.1, -0.05) is 6.42 Å². The smallest absolute Gasteiger partial charge is 0.0693 e. The summed E-state index contributed by atoms with van der Waals surface area (Å²) in [6, 6.07) is 1.00. The summed E-state index contributed by atoms with van der Waals surface area (Å²) >= 11 is 0. The molecule has 0 amide bonds. The minimum absolute atomic E-state index is 0.0810. The van der Waals surface area contributed by atoms with Gasteiger partial charge in [-0.25, -0.2) is 0 Å². The van der Waals surface area contributed by atoms with Crippen LogP contribution in [-0.4, -0.2) is 23.3 Å². The molecule has 0 saturated heterocycles. The van der Waals surface area contributed by atoms with E-state index >= 15 is 0 Å². The monoisotopic (exact) mass is 183 g/mol. The maximum Gasteiger partial charge on any atom is 0.0693 e. The van der Waals surface area contributed by atoms with Crippen molar-refractivity contribution in [3.63, 3.8) is 0 Å². The predicted octanol–water partition coefficient (Wildman–Crippen LogP) is 1.68. The van der Waals surface area contributed by atoms with E-state index in [4.69, 9.17) is 0 Å². The summed E-state index contributed by atoms with van der Waals surface area (Å²) in [6.07, 6.45) is 7.45. The minimum Gasteiger partial charge on any atom is -0.392 e. The zero-order valence-corrected chi connectivity index (χ0v) is 8.50. The lowest BCUT2D eigenvalue weighted by molar-refractivity contribution is 0.128. The van der Waals surface area contributed by atoms with Crippen molar-refractivity contribution in [1.29, 1.82) is 0 Å². The highest BCUT2D eigenvalue weighted by Crippen LogP contribution is 2.30. The van der Waals surface area contributed by atoms with Crippen LogP contribution in [0.4, 0.5) is 0 Å². The fraction of sp³-hybridized carbons (Fsp3) is 1.00. The van der Waals surface area contributed by atoms with E-state index in [0.717, 1.165) is 18.8 Å². The first kappa shape index (κ1) is 9.47. The molecule has 2 nitrogen and oxygen atoms in total. The van der Waals surface area contributed by atoms with E-state index in [9.17, 15) is 5.11 Å². The molecular weight excluding hydrogens is 162 g/mol. The maximum atomic E-state index is 9.65. The molecule has 2 fully saturated rings. The van der Waals surface area contributed by atoms with E-state index in [1.807, 2.05) is 0 Å². The van der Waals surface area contributed by atoms with E-state index < -0.39 is 0 Å². The van der Waals surface area contributed by atoms with Gasteiger partial charge in [0.25, 0.3) is 0 Å². The molecule has 13 heavy (non-hydrogen) atoms. The van der Waals surface area contributed by atoms with Gasteiger partial charge >= 0.3 is 0 Å². The molecule has 76 valence electrons. The quantitative estimate of drug-likeness (QED) is 0.697. The highest BCUT2D eigenvalue weighted by molar-refractivity contribution is 4.88. The van der Waals surface area contributed by atoms with Gasteiger partial charge in [-0.15, -0.1) is 0 Å². The molecule has 0 bridgehead atoms. The van der Waals surface area contributed by atoms with Gasteiger partial charge in [-0.3, -0.25) is 0 Å². The van der Waals surface area contributed by atoms with Crippen molar-refractivity contribution in [1.82, 2.24) is 5.32 Å². The molecular formula is C11H21NO. The number of nitrogens with one attached hydrogen (secondary N) is 1. The highest BCUT2D eigenvalue weighted by Gasteiger charge is 2.30. The lowest BCUT2D eigenvalue weighted by atomic mass is 9.80. The Hall–Kier alpha value is -0.0800. The van der Waals surface area contributed by atoms with Crippen molar-refractivity contribution < 1.29 is 5.11 Å². The van der Waals surface area contributed by atoms with E-state index in [-0.39, 0.29) is 6.10 Å². The molecule has 2 aliphatic carbocycles. The second-order valence-corrected chi connectivity index (χ2v) is 4.75. The molecule has 2 saturated carbocycles. The van der Waals surface area contributed by atoms with Gasteiger partial charge in [0.05, 0.1) is 6.10 Å². The van der Waals surface area contributed by atoms with Crippen LogP contribution >= 0.6 is 0 Å². The van der Waals surface area contributed by atoms with Crippen molar-refractivity contribution in [3.05, 3.63) is 0 Å². The molecule has 2 N–H and O–H groups in total. The van der Waals surface area contributed by atoms with E-state index in [2.05, 4.69) is 12.2 Å². The summed E-state index contributed by atoms with van der Waals surface area (Å²) in [4.78, 5) is 0. The molecule has 0 radical (unpaired) electrons. The summed E-state index contributed by atoms with van der Waals surface area (Å²) in [5.41, 5.74) is 0. The average Bonchev–Trinajstić information content (AvgIpc) is 2.32. The maximum absolute atomic E-state index is 9.65. The van der Waals surface area contributed by atoms with Gasteiger partial charge in [-0.05, 0) is 44.9 Å². The zero-order valence-electron chi connectivity index (χ0n) is 8.50. The van der Waals surface area contributed by atoms with Crippen LogP contribution in [0, 0.1) is 5.92 Å². The Morgan fingerprint density at radius 2 is 1.85 bits per heavy atom. The Labute approximate surface area is 80.7 Å². The average molecular weight is 183 g/mol. The van der Waals surface area contributed by atoms with Gasteiger partial charge in [0, 0.05) is 12.1 Å². The molecule has 2 rings (SSSR count). The van der Waals surface area contributed by atoms with Crippen LogP contribution in [0.1, 0.15) is 45.4 Å². The normalized spacial score (nSPS) is 37.4. The standard InChI is InChI=1S/C11H21NO/c1-8(9-4-2-5-9)12-10-6-3-7-11(10)13/h8-13H,2-7H2,1H3/t8?,10-,11-/m1/s1. The Morgan fingerprint density at radius 1 is 1.15 bits per heavy atom. The first-order valence-corrected chi connectivity index (χ1v) is 5.71. The van der Waals surface area contributed by atoms with Gasteiger partial charge < -0.3 is 10.4 Å². The van der Waals surface area contributed by atoms with Gasteiger partial charge in [0.15, 0.2) is 0 Å². The van der Waals surface area contributed by atoms with Crippen molar-refractivity contribution in [2.45, 2.75) is 63.6 Å². The van der Waals surface area contributed by atoms with E-state index in [0.29, 0.717) is 12.1 Å². The number of rotatable bonds is 3. The molecule has 0 aromatic rings. The largest absolute Gasteiger partial charge is 0.392 e. The van der Waals surface area contributed by atoms with Crippen LogP contribution in [0.2, 0.25) is 0 Å². The molecule has 0 spiro atoms. The Bertz CT molecular complexity index is 167. The van der Waals surface area contributed by atoms with Crippen LogP contribution < -0.4 is 5.32 Å². The van der Waals surface area contributed by atoms with E-state index in [1.165, 1.54) is 25.7 Å². The van der Waals surface area contributed by atoms with Crippen LogP contribution in [-0.2, 0) is 0 Å². The summed E-state index contributed by atoms with van der Waals surface area (Å²) in [5, 5.41) is 13.2. The van der Waals surface area contributed by atoms with Crippen molar-refractivity contribution in [2.75, 3.05) is 0 Å². The molecule has 0 heterocycles. The Morgan fingerprint density at radius 3 is 2.31 bits per heavy atom. The van der Waals surface area contributed by atoms with E-state index in [1.54, 1.807) is 0 Å². The number of aliphatic hydroxyl groups excluding tert-OH is 1. The third-order valence-corrected chi connectivity index (χ3v) is 3.81. The summed E-state index contributed by atoms with van der Waals surface area (Å²) in [7, 11) is 0. The van der Waals surface area contributed by atoms with Crippen LogP contribution in [0.3, 0.4) is 0 Å². The summed E-state index contributed by atoms with van der Waals surface area (Å²) in [6.45, 7) is 2.27. The summed E-state index contributed by atoms with van der Waals surface area (Å²) < 4.78 is 0. The topological polar surface area (TPSA) is 32.3 Å². The van der Waals surface area contributed by atoms with Crippen molar-refractivity contribution in [3.8, 4) is 0 Å². The van der Waals surface area contributed by atoms with Gasteiger partial charge in [-0.2, -0.15) is 0 Å². The van der Waals surface area contributed by atoms with Crippen LogP contribution in [0.15, 0.2) is 0 Å². The molecule has 2 aliphatic rings. The van der Waals surface area contributed by atoms with Gasteiger partial charge in [0.2, 0.25) is 0 Å². The number of aliphatic hydroxyl groups is 1.